The van der Waals surface area contributed by atoms with Crippen LogP contribution < -0.4 is 24.2 Å². The lowest BCUT2D eigenvalue weighted by molar-refractivity contribution is -0.146. The molecule has 17 heteroatoms. The van der Waals surface area contributed by atoms with Crippen LogP contribution in [-0.4, -0.2) is 113 Å². The first-order valence-corrected chi connectivity index (χ1v) is 21.7. The van der Waals surface area contributed by atoms with Gasteiger partial charge in [0.25, 0.3) is 5.91 Å². The molecule has 2 aromatic rings. The van der Waals surface area contributed by atoms with Crippen LogP contribution in [0.25, 0.3) is 10.8 Å². The maximum Gasteiger partial charge on any atom is 0.408 e. The number of rotatable bonds is 8. The molecule has 1 aromatic carbocycles. The summed E-state index contributed by atoms with van der Waals surface area (Å²) in [6, 6.07) is 2.90. The molecule has 58 heavy (non-hydrogen) atoms. The SMILES string of the molecule is CC[C@@H]1C[C@@H](C)CC/C=C\[C@@H]2C[C@@]2(C(=O)NS(=O)(=O)C2(CF)CC2)NC(=O)[C@@H]2C[C@@H](Oc3nccc4c5c(ccc34)OCCO5)CN2C(=O)[C@H]1N(C(=O)O)C(C)(C)C. The maximum atomic E-state index is 15.2. The fourth-order valence-corrected chi connectivity index (χ4v) is 10.3. The van der Waals surface area contributed by atoms with E-state index in [0.29, 0.717) is 61.2 Å². The van der Waals surface area contributed by atoms with Crippen LogP contribution in [0.4, 0.5) is 9.18 Å². The van der Waals surface area contributed by atoms with Crippen LogP contribution in [0.15, 0.2) is 36.5 Å². The number of halogens is 1. The van der Waals surface area contributed by atoms with Crippen molar-refractivity contribution in [2.75, 3.05) is 26.4 Å². The van der Waals surface area contributed by atoms with Gasteiger partial charge in [-0.15, -0.1) is 0 Å². The van der Waals surface area contributed by atoms with Crippen LogP contribution >= 0.6 is 0 Å². The van der Waals surface area contributed by atoms with E-state index < -0.39 is 86.4 Å². The molecule has 7 atom stereocenters. The minimum atomic E-state index is -4.41. The van der Waals surface area contributed by atoms with Gasteiger partial charge >= 0.3 is 6.09 Å². The predicted molar refractivity (Wildman–Crippen MR) is 211 cm³/mol. The van der Waals surface area contributed by atoms with E-state index in [4.69, 9.17) is 14.2 Å². The summed E-state index contributed by atoms with van der Waals surface area (Å²) in [5.41, 5.74) is -2.69. The van der Waals surface area contributed by atoms with Gasteiger partial charge in [0.2, 0.25) is 27.7 Å². The number of amides is 4. The van der Waals surface area contributed by atoms with E-state index in [1.165, 1.54) is 9.80 Å². The van der Waals surface area contributed by atoms with E-state index in [1.807, 2.05) is 13.0 Å². The molecule has 3 N–H and O–H groups in total. The Bertz CT molecular complexity index is 2100. The van der Waals surface area contributed by atoms with Crippen LogP contribution in [0.5, 0.6) is 17.4 Å². The van der Waals surface area contributed by atoms with Crippen molar-refractivity contribution in [2.45, 2.75) is 120 Å². The average molecular weight is 828 g/mol. The zero-order chi connectivity index (χ0) is 41.8. The number of ether oxygens (including phenoxy) is 3. The van der Waals surface area contributed by atoms with Gasteiger partial charge in [-0.25, -0.2) is 22.6 Å². The van der Waals surface area contributed by atoms with Crippen molar-refractivity contribution in [2.24, 2.45) is 17.8 Å². The van der Waals surface area contributed by atoms with Gasteiger partial charge in [-0.05, 0) is 89.3 Å². The minimum absolute atomic E-state index is 0.0514. The molecule has 3 fully saturated rings. The van der Waals surface area contributed by atoms with E-state index in [-0.39, 0.29) is 44.0 Å². The quantitative estimate of drug-likeness (QED) is 0.312. The van der Waals surface area contributed by atoms with Crippen LogP contribution in [0.2, 0.25) is 0 Å². The number of aromatic nitrogens is 1. The minimum Gasteiger partial charge on any atom is -0.486 e. The number of fused-ring (bicyclic) bond motifs is 5. The molecule has 4 amide bonds. The molecule has 0 bridgehead atoms. The highest BCUT2D eigenvalue weighted by molar-refractivity contribution is 7.91. The van der Waals surface area contributed by atoms with Gasteiger partial charge in [-0.3, -0.25) is 24.0 Å². The Labute approximate surface area is 338 Å². The molecule has 0 unspecified atom stereocenters. The second-order valence-corrected chi connectivity index (χ2v) is 19.7. The lowest BCUT2D eigenvalue weighted by Gasteiger charge is -2.44. The summed E-state index contributed by atoms with van der Waals surface area (Å²) in [6.45, 7) is 8.66. The Balaban J connectivity index is 1.27. The fourth-order valence-electron chi connectivity index (χ4n) is 8.90. The average Bonchev–Trinajstić information content (AvgIpc) is 4.08. The van der Waals surface area contributed by atoms with Crippen molar-refractivity contribution in [3.05, 3.63) is 36.5 Å². The van der Waals surface area contributed by atoms with Crippen LogP contribution in [0.3, 0.4) is 0 Å². The van der Waals surface area contributed by atoms with Crippen molar-refractivity contribution in [1.29, 1.82) is 0 Å². The number of benzene rings is 1. The maximum absolute atomic E-state index is 15.2. The first kappa shape index (κ1) is 41.5. The number of hydrogen-bond acceptors (Lipinski definition) is 10. The number of hydrogen-bond donors (Lipinski definition) is 3. The molecule has 15 nitrogen and oxygen atoms in total. The number of pyridine rings is 1. The standard InChI is InChI=1S/C41H54FN5O10S/c1-6-25-19-24(2)9-7-8-10-26-21-41(26,37(50)45-58(53,54)40(23-42)14-15-40)44-34(48)30-20-27(22-46(30)36(49)32(25)47(38(51)52)39(3,4)5)57-35-29-11-12-31-33(56-18-17-55-31)28(29)13-16-43-35/h8,10-13,16,24-27,30,32H,6-7,9,14-15,17-23H2,1-5H3,(H,44,48)(H,45,50)(H,51,52)/b10-8-/t24-,25+,26+,27+,30-,32-,41+/m0/s1. The summed E-state index contributed by atoms with van der Waals surface area (Å²) in [6.07, 6.45) is 5.67. The molecular weight excluding hydrogens is 774 g/mol. The molecule has 316 valence electrons. The summed E-state index contributed by atoms with van der Waals surface area (Å²) < 4.78 is 59.0. The van der Waals surface area contributed by atoms with Crippen LogP contribution in [-0.2, 0) is 24.4 Å². The van der Waals surface area contributed by atoms with Crippen molar-refractivity contribution < 1.29 is 51.3 Å². The molecule has 5 aliphatic rings. The molecule has 4 heterocycles. The summed E-state index contributed by atoms with van der Waals surface area (Å²) in [7, 11) is -4.41. The first-order chi connectivity index (χ1) is 27.4. The topological polar surface area (TPSA) is 194 Å². The summed E-state index contributed by atoms with van der Waals surface area (Å²) >= 11 is 0. The highest BCUT2D eigenvalue weighted by Crippen LogP contribution is 2.48. The Kier molecular flexibility index (Phi) is 11.1. The lowest BCUT2D eigenvalue weighted by Crippen LogP contribution is -2.62. The summed E-state index contributed by atoms with van der Waals surface area (Å²) in [5.74, 6) is -1.84. The Morgan fingerprint density at radius 2 is 1.88 bits per heavy atom. The van der Waals surface area contributed by atoms with E-state index in [0.717, 1.165) is 0 Å². The molecule has 7 rings (SSSR count). The monoisotopic (exact) mass is 827 g/mol. The first-order valence-electron chi connectivity index (χ1n) is 20.2. The zero-order valence-electron chi connectivity index (χ0n) is 33.7. The predicted octanol–water partition coefficient (Wildman–Crippen LogP) is 4.73. The third kappa shape index (κ3) is 7.65. The molecule has 0 radical (unpaired) electrons. The van der Waals surface area contributed by atoms with E-state index >= 15 is 4.79 Å². The van der Waals surface area contributed by atoms with E-state index in [9.17, 15) is 32.3 Å². The van der Waals surface area contributed by atoms with Crippen molar-refractivity contribution in [3.8, 4) is 17.4 Å². The van der Waals surface area contributed by atoms with Gasteiger partial charge in [0, 0.05) is 34.8 Å². The van der Waals surface area contributed by atoms with Crippen LogP contribution in [0.1, 0.15) is 86.0 Å². The molecule has 1 saturated heterocycles. The number of carbonyl (C=O) groups is 4. The zero-order valence-corrected chi connectivity index (χ0v) is 34.5. The number of nitrogens with one attached hydrogen (secondary N) is 2. The van der Waals surface area contributed by atoms with Gasteiger partial charge in [0.05, 0.1) is 6.54 Å². The summed E-state index contributed by atoms with van der Waals surface area (Å²) in [4.78, 5) is 64.1. The molecule has 1 aromatic heterocycles. The number of allylic oxidation sites excluding steroid dienone is 1. The molecular formula is C41H54FN5O10S. The van der Waals surface area contributed by atoms with Crippen LogP contribution in [0, 0.1) is 17.8 Å². The molecule has 0 spiro atoms. The third-order valence-corrected chi connectivity index (χ3v) is 14.6. The van der Waals surface area contributed by atoms with Crippen molar-refractivity contribution in [1.82, 2.24) is 24.8 Å². The molecule has 2 aliphatic carbocycles. The van der Waals surface area contributed by atoms with Gasteiger partial charge in [-0.1, -0.05) is 32.4 Å². The second-order valence-electron chi connectivity index (χ2n) is 17.6. The van der Waals surface area contributed by atoms with Gasteiger partial charge in [0.1, 0.15) is 48.4 Å². The summed E-state index contributed by atoms with van der Waals surface area (Å²) in [5, 5.41) is 14.8. The highest BCUT2D eigenvalue weighted by atomic mass is 32.2. The van der Waals surface area contributed by atoms with Gasteiger partial charge < -0.3 is 29.5 Å². The van der Waals surface area contributed by atoms with E-state index in [2.05, 4.69) is 21.9 Å². The number of sulfonamides is 1. The molecule has 2 saturated carbocycles. The van der Waals surface area contributed by atoms with Gasteiger partial charge in [-0.2, -0.15) is 0 Å². The van der Waals surface area contributed by atoms with Gasteiger partial charge in [0.15, 0.2) is 11.5 Å². The Morgan fingerprint density at radius 1 is 1.14 bits per heavy atom. The third-order valence-electron chi connectivity index (χ3n) is 12.5. The van der Waals surface area contributed by atoms with Crippen molar-refractivity contribution in [3.63, 3.8) is 0 Å². The smallest absolute Gasteiger partial charge is 0.408 e. The number of carbonyl (C=O) groups excluding carboxylic acids is 3. The lowest BCUT2D eigenvalue weighted by atomic mass is 9.82. The number of alkyl halides is 1. The van der Waals surface area contributed by atoms with E-state index in [1.54, 1.807) is 51.2 Å². The fraction of sp³-hybridized carbons (Fsp3) is 0.634. The largest absolute Gasteiger partial charge is 0.486 e. The van der Waals surface area contributed by atoms with Crippen molar-refractivity contribution >= 4 is 44.6 Å². The Hall–Kier alpha value is -4.67. The number of carboxylic acid groups (broad SMARTS) is 1. The highest BCUT2D eigenvalue weighted by Gasteiger charge is 2.64. The second kappa shape index (κ2) is 15.5. The Morgan fingerprint density at radius 3 is 2.55 bits per heavy atom. The number of nitrogens with zero attached hydrogens (tertiary/aromatic N) is 3. The molecule has 3 aliphatic heterocycles. The normalized spacial score (nSPS) is 30.1.